The zero-order valence-electron chi connectivity index (χ0n) is 25.5. The number of benzene rings is 4. The maximum Gasteiger partial charge on any atom is 0.162 e. The average Bonchev–Trinajstić information content (AvgIpc) is 2.97. The van der Waals surface area contributed by atoms with E-state index in [9.17, 15) is 5.11 Å². The zero-order valence-corrected chi connectivity index (χ0v) is 29.4. The smallest absolute Gasteiger partial charge is 0.162 e. The monoisotopic (exact) mass is 666 g/mol. The largest absolute Gasteiger partial charge is 1.00 e. The first kappa shape index (κ1) is 34.0. The molecule has 0 atom stereocenters. The molecule has 4 rings (SSSR count). The summed E-state index contributed by atoms with van der Waals surface area (Å²) in [5, 5.41) is 15.6. The lowest BCUT2D eigenvalue weighted by molar-refractivity contribution is -0.0828. The van der Waals surface area contributed by atoms with Gasteiger partial charge in [0.05, 0.1) is 16.1 Å². The first-order chi connectivity index (χ1) is 19.9. The van der Waals surface area contributed by atoms with E-state index in [2.05, 4.69) is 93.6 Å². The van der Waals surface area contributed by atoms with Crippen LogP contribution >= 0.6 is 7.26 Å². The minimum absolute atomic E-state index is 0. The van der Waals surface area contributed by atoms with Crippen molar-refractivity contribution in [2.45, 2.75) is 53.0 Å². The molecule has 0 aliphatic rings. The third-order valence-electron chi connectivity index (χ3n) is 7.36. The summed E-state index contributed by atoms with van der Waals surface area (Å²) in [5.41, 5.74) is 3.65. The molecule has 0 saturated carbocycles. The van der Waals surface area contributed by atoms with Crippen LogP contribution in [0.1, 0.15) is 37.0 Å². The molecule has 0 radical (unpaired) electrons. The summed E-state index contributed by atoms with van der Waals surface area (Å²) in [6.07, 6.45) is 0.939. The van der Waals surface area contributed by atoms with Gasteiger partial charge in [-0.05, 0) is 89.6 Å². The second kappa shape index (κ2) is 16.4. The van der Waals surface area contributed by atoms with Crippen LogP contribution in [0.4, 0.5) is 0 Å². The lowest BCUT2D eigenvalue weighted by atomic mass is 10.2. The van der Waals surface area contributed by atoms with Crippen molar-refractivity contribution in [1.82, 2.24) is 0 Å². The van der Waals surface area contributed by atoms with Crippen LogP contribution < -0.4 is 42.9 Å². The van der Waals surface area contributed by atoms with Gasteiger partial charge in [-0.25, -0.2) is 0 Å². The highest BCUT2D eigenvalue weighted by atomic mass is 79.9. The molecule has 7 heteroatoms. The standard InChI is InChI=1S/C35H43O4PSi.BrH/c1-6-37-35(38-7-2)41-24-8-23-39-33-22-15-29(36)25-34(33)40(30-16-9-26(3)10-17-30,31-18-11-27(4)12-19-31)32-20-13-28(5)14-21-32;/h9-22,25,35H,6-8,23-24,41H2,1-5H3;1H. The third-order valence-corrected chi connectivity index (χ3v) is 13.5. The zero-order chi connectivity index (χ0) is 29.2. The van der Waals surface area contributed by atoms with E-state index in [4.69, 9.17) is 14.2 Å². The fourth-order valence-corrected chi connectivity index (χ4v) is 11.2. The Morgan fingerprint density at radius 3 is 1.57 bits per heavy atom. The summed E-state index contributed by atoms with van der Waals surface area (Å²) in [5.74, 6) is 1.04. The van der Waals surface area contributed by atoms with Gasteiger partial charge in [-0.15, -0.1) is 0 Å². The molecule has 0 saturated heterocycles. The van der Waals surface area contributed by atoms with Crippen molar-refractivity contribution in [3.8, 4) is 11.5 Å². The highest BCUT2D eigenvalue weighted by molar-refractivity contribution is 8.01. The van der Waals surface area contributed by atoms with Crippen LogP contribution in [-0.2, 0) is 9.47 Å². The van der Waals surface area contributed by atoms with E-state index >= 15 is 0 Å². The van der Waals surface area contributed by atoms with Crippen LogP contribution in [0.5, 0.6) is 11.5 Å². The minimum atomic E-state index is -2.44. The van der Waals surface area contributed by atoms with E-state index in [-0.39, 0.29) is 28.6 Å². The topological polar surface area (TPSA) is 47.9 Å². The fraction of sp³-hybridized carbons (Fsp3) is 0.314. The number of hydrogen-bond acceptors (Lipinski definition) is 4. The maximum atomic E-state index is 10.9. The Bertz CT molecular complexity index is 1260. The van der Waals surface area contributed by atoms with Gasteiger partial charge in [0.2, 0.25) is 0 Å². The van der Waals surface area contributed by atoms with Crippen LogP contribution in [-0.4, -0.2) is 40.4 Å². The molecular weight excluding hydrogens is 623 g/mol. The molecule has 0 fully saturated rings. The van der Waals surface area contributed by atoms with E-state index in [0.29, 0.717) is 19.8 Å². The van der Waals surface area contributed by atoms with Gasteiger partial charge >= 0.3 is 0 Å². The second-order valence-corrected chi connectivity index (χ2v) is 15.8. The molecule has 0 amide bonds. The minimum Gasteiger partial charge on any atom is -1.00 e. The van der Waals surface area contributed by atoms with E-state index < -0.39 is 16.8 Å². The van der Waals surface area contributed by atoms with Gasteiger partial charge in [-0.1, -0.05) is 59.1 Å². The number of rotatable bonds is 14. The predicted octanol–water partition coefficient (Wildman–Crippen LogP) is 2.65. The van der Waals surface area contributed by atoms with Gasteiger partial charge in [0, 0.05) is 19.3 Å². The molecule has 0 aromatic heterocycles. The van der Waals surface area contributed by atoms with E-state index in [0.717, 1.165) is 23.5 Å². The van der Waals surface area contributed by atoms with E-state index in [1.807, 2.05) is 26.0 Å². The molecule has 0 unspecified atom stereocenters. The molecule has 4 nitrogen and oxygen atoms in total. The Morgan fingerprint density at radius 2 is 1.14 bits per heavy atom. The summed E-state index contributed by atoms with van der Waals surface area (Å²) in [6, 6.07) is 33.3. The van der Waals surface area contributed by atoms with Crippen molar-refractivity contribution in [2.75, 3.05) is 19.8 Å². The highest BCUT2D eigenvalue weighted by Gasteiger charge is 2.50. The number of hydrogen-bond donors (Lipinski definition) is 1. The molecule has 0 aliphatic heterocycles. The van der Waals surface area contributed by atoms with Crippen molar-refractivity contribution in [2.24, 2.45) is 0 Å². The Balaban J connectivity index is 0.00000484. The Hall–Kier alpha value is -2.47. The molecule has 0 bridgehead atoms. The number of phenolic OH excluding ortho intramolecular Hbond substituents is 1. The SMILES string of the molecule is CCOC(OCC)[SiH2]CCCOc1ccc(O)cc1[P+](c1ccc(C)cc1)(c1ccc(C)cc1)c1ccc(C)cc1.[Br-]. The molecule has 4 aromatic carbocycles. The van der Waals surface area contributed by atoms with E-state index in [1.165, 1.54) is 32.6 Å². The van der Waals surface area contributed by atoms with Crippen LogP contribution in [0.15, 0.2) is 91.0 Å². The summed E-state index contributed by atoms with van der Waals surface area (Å²) >= 11 is 0. The number of ether oxygens (including phenoxy) is 3. The Labute approximate surface area is 265 Å². The first-order valence-corrected chi connectivity index (χ1v) is 18.3. The lowest BCUT2D eigenvalue weighted by Gasteiger charge is -2.29. The molecule has 1 N–H and O–H groups in total. The third kappa shape index (κ3) is 8.12. The first-order valence-electron chi connectivity index (χ1n) is 14.7. The molecule has 224 valence electrons. The molecule has 42 heavy (non-hydrogen) atoms. The quantitative estimate of drug-likeness (QED) is 0.0974. The lowest BCUT2D eigenvalue weighted by Crippen LogP contribution is -3.00. The number of phenols is 1. The van der Waals surface area contributed by atoms with Crippen molar-refractivity contribution in [3.05, 3.63) is 108 Å². The predicted molar refractivity (Wildman–Crippen MR) is 178 cm³/mol. The normalized spacial score (nSPS) is 11.7. The van der Waals surface area contributed by atoms with Gasteiger partial charge in [0.25, 0.3) is 0 Å². The van der Waals surface area contributed by atoms with E-state index in [1.54, 1.807) is 6.07 Å². The van der Waals surface area contributed by atoms with Crippen molar-refractivity contribution >= 4 is 38.0 Å². The van der Waals surface area contributed by atoms with Gasteiger partial charge in [0.15, 0.2) is 11.1 Å². The molecular formula is C35H44BrO4PSi. The van der Waals surface area contributed by atoms with Crippen molar-refractivity contribution in [1.29, 1.82) is 0 Å². The van der Waals surface area contributed by atoms with Crippen LogP contribution in [0, 0.1) is 20.8 Å². The fourth-order valence-electron chi connectivity index (χ4n) is 5.24. The van der Waals surface area contributed by atoms with Crippen LogP contribution in [0.2, 0.25) is 6.04 Å². The van der Waals surface area contributed by atoms with Crippen LogP contribution in [0.3, 0.4) is 0 Å². The van der Waals surface area contributed by atoms with Crippen LogP contribution in [0.25, 0.3) is 0 Å². The summed E-state index contributed by atoms with van der Waals surface area (Å²) in [7, 11) is -2.97. The van der Waals surface area contributed by atoms with Gasteiger partial charge in [-0.3, -0.25) is 0 Å². The molecule has 0 heterocycles. The number of aromatic hydroxyl groups is 1. The number of halogens is 1. The maximum absolute atomic E-state index is 10.9. The summed E-state index contributed by atoms with van der Waals surface area (Å²) in [6.45, 7) is 12.3. The average molecular weight is 668 g/mol. The number of aryl methyl sites for hydroxylation is 3. The van der Waals surface area contributed by atoms with Gasteiger partial charge in [-0.2, -0.15) is 0 Å². The molecule has 0 aliphatic carbocycles. The second-order valence-electron chi connectivity index (χ2n) is 10.5. The Morgan fingerprint density at radius 1 is 0.690 bits per heavy atom. The molecule has 4 aromatic rings. The Kier molecular flexibility index (Phi) is 13.3. The van der Waals surface area contributed by atoms with Gasteiger partial charge < -0.3 is 36.3 Å². The van der Waals surface area contributed by atoms with Crippen molar-refractivity contribution in [3.63, 3.8) is 0 Å². The summed E-state index contributed by atoms with van der Waals surface area (Å²) in [4.78, 5) is 0. The van der Waals surface area contributed by atoms with Crippen molar-refractivity contribution < 1.29 is 36.3 Å². The highest BCUT2D eigenvalue weighted by Crippen LogP contribution is 2.56. The molecule has 0 spiro atoms. The summed E-state index contributed by atoms with van der Waals surface area (Å²) < 4.78 is 18.1. The van der Waals surface area contributed by atoms with Gasteiger partial charge in [0.1, 0.15) is 34.8 Å².